The molecule has 0 aromatic heterocycles. The SMILES string of the molecule is CC(CC(CCCl)NC(N)=O)N1c2ccccc2Sc2ccc(C(F)(F)F)cc21. The highest BCUT2D eigenvalue weighted by Crippen LogP contribution is 2.50. The monoisotopic (exact) mass is 443 g/mol. The molecule has 1 aliphatic heterocycles. The van der Waals surface area contributed by atoms with E-state index in [1.807, 2.05) is 36.1 Å². The highest BCUT2D eigenvalue weighted by Gasteiger charge is 2.34. The van der Waals surface area contributed by atoms with E-state index in [0.717, 1.165) is 21.5 Å². The number of para-hydroxylation sites is 1. The summed E-state index contributed by atoms with van der Waals surface area (Å²) >= 11 is 7.29. The summed E-state index contributed by atoms with van der Waals surface area (Å²) in [5.41, 5.74) is 5.90. The minimum absolute atomic E-state index is 0.209. The predicted molar refractivity (Wildman–Crippen MR) is 110 cm³/mol. The fourth-order valence-corrected chi connectivity index (χ4v) is 4.85. The summed E-state index contributed by atoms with van der Waals surface area (Å²) in [4.78, 5) is 14.9. The molecular weight excluding hydrogens is 423 g/mol. The van der Waals surface area contributed by atoms with Gasteiger partial charge in [0.25, 0.3) is 0 Å². The lowest BCUT2D eigenvalue weighted by atomic mass is 10.0. The first-order valence-corrected chi connectivity index (χ1v) is 10.4. The zero-order chi connectivity index (χ0) is 21.2. The van der Waals surface area contributed by atoms with E-state index in [9.17, 15) is 18.0 Å². The van der Waals surface area contributed by atoms with Crippen LogP contribution < -0.4 is 16.0 Å². The largest absolute Gasteiger partial charge is 0.416 e. The van der Waals surface area contributed by atoms with Gasteiger partial charge < -0.3 is 16.0 Å². The number of primary amides is 1. The second-order valence-corrected chi connectivity index (χ2v) is 8.35. The van der Waals surface area contributed by atoms with E-state index in [1.165, 1.54) is 23.9 Å². The molecule has 2 amide bonds. The highest BCUT2D eigenvalue weighted by molar-refractivity contribution is 7.99. The van der Waals surface area contributed by atoms with Gasteiger partial charge in [0, 0.05) is 27.8 Å². The third kappa shape index (κ3) is 4.93. The van der Waals surface area contributed by atoms with Crippen LogP contribution in [0.1, 0.15) is 25.3 Å². The summed E-state index contributed by atoms with van der Waals surface area (Å²) in [5.74, 6) is 0.332. The lowest BCUT2D eigenvalue weighted by Gasteiger charge is -2.39. The topological polar surface area (TPSA) is 58.4 Å². The average Bonchev–Trinajstić information content (AvgIpc) is 2.64. The molecule has 9 heteroatoms. The van der Waals surface area contributed by atoms with Crippen molar-refractivity contribution in [1.29, 1.82) is 0 Å². The Bertz CT molecular complexity index is 894. The van der Waals surface area contributed by atoms with Crippen LogP contribution in [0.15, 0.2) is 52.3 Å². The number of nitrogens with one attached hydrogen (secondary N) is 1. The predicted octanol–water partition coefficient (Wildman–Crippen LogP) is 5.75. The maximum absolute atomic E-state index is 13.3. The number of hydrogen-bond acceptors (Lipinski definition) is 3. The summed E-state index contributed by atoms with van der Waals surface area (Å²) < 4.78 is 40.0. The maximum Gasteiger partial charge on any atom is 0.416 e. The van der Waals surface area contributed by atoms with Gasteiger partial charge in [-0.3, -0.25) is 0 Å². The Morgan fingerprint density at radius 3 is 2.55 bits per heavy atom. The second kappa shape index (κ2) is 8.75. The van der Waals surface area contributed by atoms with Gasteiger partial charge in [0.15, 0.2) is 0 Å². The Hall–Kier alpha value is -2.06. The first kappa shape index (κ1) is 21.6. The molecule has 0 bridgehead atoms. The molecule has 3 N–H and O–H groups in total. The molecule has 2 aromatic carbocycles. The van der Waals surface area contributed by atoms with Gasteiger partial charge in [0.05, 0.1) is 16.9 Å². The number of rotatable bonds is 6. The number of alkyl halides is 4. The molecule has 0 radical (unpaired) electrons. The van der Waals surface area contributed by atoms with Crippen LogP contribution in [0.4, 0.5) is 29.3 Å². The summed E-state index contributed by atoms with van der Waals surface area (Å²) in [7, 11) is 0. The van der Waals surface area contributed by atoms with Crippen LogP contribution in [0, 0.1) is 0 Å². The van der Waals surface area contributed by atoms with Crippen LogP contribution in [0.3, 0.4) is 0 Å². The molecule has 0 saturated heterocycles. The number of nitrogens with two attached hydrogens (primary N) is 1. The molecule has 1 aliphatic rings. The molecule has 0 spiro atoms. The van der Waals surface area contributed by atoms with Gasteiger partial charge in [-0.1, -0.05) is 23.9 Å². The summed E-state index contributed by atoms with van der Waals surface area (Å²) in [6.07, 6.45) is -3.45. The van der Waals surface area contributed by atoms with Crippen LogP contribution in [-0.2, 0) is 6.18 Å². The van der Waals surface area contributed by atoms with E-state index in [1.54, 1.807) is 0 Å². The number of urea groups is 1. The molecule has 4 nitrogen and oxygen atoms in total. The third-order valence-corrected chi connectivity index (χ3v) is 6.11. The number of carbonyl (C=O) groups excluding carboxylic acids is 1. The van der Waals surface area contributed by atoms with Gasteiger partial charge in [0.1, 0.15) is 0 Å². The molecule has 156 valence electrons. The molecule has 0 aliphatic carbocycles. The van der Waals surface area contributed by atoms with E-state index < -0.39 is 17.8 Å². The fraction of sp³-hybridized carbons (Fsp3) is 0.350. The van der Waals surface area contributed by atoms with Crippen LogP contribution in [-0.4, -0.2) is 24.0 Å². The van der Waals surface area contributed by atoms with Gasteiger partial charge in [0.2, 0.25) is 0 Å². The van der Waals surface area contributed by atoms with Crippen molar-refractivity contribution < 1.29 is 18.0 Å². The highest BCUT2D eigenvalue weighted by atomic mass is 35.5. The lowest BCUT2D eigenvalue weighted by molar-refractivity contribution is -0.137. The van der Waals surface area contributed by atoms with Gasteiger partial charge in [-0.05, 0) is 50.1 Å². The van der Waals surface area contributed by atoms with Crippen molar-refractivity contribution in [2.45, 2.75) is 47.8 Å². The molecule has 2 aromatic rings. The van der Waals surface area contributed by atoms with Gasteiger partial charge in [-0.15, -0.1) is 11.6 Å². The molecule has 1 heterocycles. The first-order valence-electron chi connectivity index (χ1n) is 9.10. The molecular formula is C20H21ClF3N3OS. The Kier molecular flexibility index (Phi) is 6.53. The van der Waals surface area contributed by atoms with Crippen molar-refractivity contribution in [3.05, 3.63) is 48.0 Å². The quantitative estimate of drug-likeness (QED) is 0.558. The van der Waals surface area contributed by atoms with Crippen molar-refractivity contribution in [2.24, 2.45) is 5.73 Å². The van der Waals surface area contributed by atoms with E-state index in [2.05, 4.69) is 5.32 Å². The zero-order valence-electron chi connectivity index (χ0n) is 15.7. The van der Waals surface area contributed by atoms with E-state index in [0.29, 0.717) is 24.4 Å². The minimum atomic E-state index is -4.43. The van der Waals surface area contributed by atoms with Gasteiger partial charge in [-0.2, -0.15) is 13.2 Å². The Morgan fingerprint density at radius 1 is 1.21 bits per heavy atom. The molecule has 3 rings (SSSR count). The Balaban J connectivity index is 2.01. The molecule has 29 heavy (non-hydrogen) atoms. The van der Waals surface area contributed by atoms with Crippen molar-refractivity contribution in [3.63, 3.8) is 0 Å². The molecule has 2 unspecified atom stereocenters. The number of benzene rings is 2. The summed E-state index contributed by atoms with van der Waals surface area (Å²) in [6, 6.07) is 10.2. The second-order valence-electron chi connectivity index (χ2n) is 6.89. The van der Waals surface area contributed by atoms with Crippen molar-refractivity contribution >= 4 is 40.8 Å². The molecule has 0 saturated carbocycles. The number of carbonyl (C=O) groups is 1. The maximum atomic E-state index is 13.3. The van der Waals surface area contributed by atoms with E-state index >= 15 is 0 Å². The van der Waals surface area contributed by atoms with Crippen LogP contribution in [0.2, 0.25) is 0 Å². The van der Waals surface area contributed by atoms with E-state index in [-0.39, 0.29) is 12.1 Å². The standard InChI is InChI=1S/C20H21ClF3N3OS/c1-12(10-14(8-9-21)26-19(25)28)27-15-4-2-3-5-17(15)29-18-7-6-13(11-16(18)27)20(22,23)24/h2-7,11-12,14H,8-10H2,1H3,(H3,25,26,28). The number of anilines is 2. The molecule has 0 fully saturated rings. The number of nitrogens with zero attached hydrogens (tertiary/aromatic N) is 1. The third-order valence-electron chi connectivity index (χ3n) is 4.76. The summed E-state index contributed by atoms with van der Waals surface area (Å²) in [5, 5.41) is 2.68. The van der Waals surface area contributed by atoms with E-state index in [4.69, 9.17) is 17.3 Å². The van der Waals surface area contributed by atoms with Crippen LogP contribution in [0.5, 0.6) is 0 Å². The van der Waals surface area contributed by atoms with Crippen LogP contribution >= 0.6 is 23.4 Å². The lowest BCUT2D eigenvalue weighted by Crippen LogP contribution is -2.43. The minimum Gasteiger partial charge on any atom is -0.352 e. The smallest absolute Gasteiger partial charge is 0.352 e. The number of fused-ring (bicyclic) bond motifs is 2. The first-order chi connectivity index (χ1) is 13.7. The molecule has 2 atom stereocenters. The number of amides is 2. The fourth-order valence-electron chi connectivity index (χ4n) is 3.53. The van der Waals surface area contributed by atoms with Crippen molar-refractivity contribution in [3.8, 4) is 0 Å². The number of hydrogen-bond donors (Lipinski definition) is 2. The summed E-state index contributed by atoms with van der Waals surface area (Å²) in [6.45, 7) is 1.92. The van der Waals surface area contributed by atoms with Gasteiger partial charge in [-0.25, -0.2) is 4.79 Å². The van der Waals surface area contributed by atoms with Gasteiger partial charge >= 0.3 is 12.2 Å². The Labute approximate surface area is 176 Å². The van der Waals surface area contributed by atoms with Crippen molar-refractivity contribution in [2.75, 3.05) is 10.8 Å². The Morgan fingerprint density at radius 2 is 1.90 bits per heavy atom. The normalized spacial score (nSPS) is 15.3. The zero-order valence-corrected chi connectivity index (χ0v) is 17.2. The van der Waals surface area contributed by atoms with Crippen molar-refractivity contribution in [1.82, 2.24) is 5.32 Å². The number of halogens is 4. The average molecular weight is 444 g/mol. The van der Waals surface area contributed by atoms with Crippen LogP contribution in [0.25, 0.3) is 0 Å².